The smallest absolute Gasteiger partial charge is 0.331 e. The van der Waals surface area contributed by atoms with E-state index in [2.05, 4.69) is 10.6 Å². The fraction of sp³-hybridized carbons (Fsp3) is 0.160. The molecule has 0 saturated heterocycles. The van der Waals surface area contributed by atoms with Gasteiger partial charge in [0.1, 0.15) is 18.0 Å². The molecule has 1 heterocycles. The van der Waals surface area contributed by atoms with E-state index in [4.69, 9.17) is 14.2 Å². The molecule has 34 heavy (non-hydrogen) atoms. The molecule has 0 unspecified atom stereocenters. The second-order valence-electron chi connectivity index (χ2n) is 7.42. The van der Waals surface area contributed by atoms with Crippen LogP contribution in [0.5, 0.6) is 17.2 Å². The average molecular weight is 461 g/mol. The number of benzene rings is 3. The highest BCUT2D eigenvalue weighted by atomic mass is 16.5. The molecule has 2 amide bonds. The number of esters is 1. The molecule has 0 fully saturated rings. The number of methoxy groups -OCH3 is 2. The highest BCUT2D eigenvalue weighted by molar-refractivity contribution is 6.06. The van der Waals surface area contributed by atoms with Gasteiger partial charge in [-0.2, -0.15) is 0 Å². The Kier molecular flexibility index (Phi) is 6.63. The van der Waals surface area contributed by atoms with Crippen molar-refractivity contribution in [2.75, 3.05) is 42.8 Å². The lowest BCUT2D eigenvalue weighted by Gasteiger charge is -2.29. The number of rotatable bonds is 7. The van der Waals surface area contributed by atoms with Crippen LogP contribution in [-0.4, -0.2) is 45.1 Å². The predicted molar refractivity (Wildman–Crippen MR) is 127 cm³/mol. The van der Waals surface area contributed by atoms with Gasteiger partial charge in [0.05, 0.1) is 37.8 Å². The number of carbonyl (C=O) groups is 3. The van der Waals surface area contributed by atoms with E-state index in [-0.39, 0.29) is 24.9 Å². The Morgan fingerprint density at radius 1 is 0.912 bits per heavy atom. The first-order chi connectivity index (χ1) is 16.5. The molecule has 9 heteroatoms. The van der Waals surface area contributed by atoms with Crippen molar-refractivity contribution < 1.29 is 28.6 Å². The summed E-state index contributed by atoms with van der Waals surface area (Å²) in [5, 5.41) is 5.59. The summed E-state index contributed by atoms with van der Waals surface area (Å²) in [6.45, 7) is -0.126. The maximum Gasteiger partial charge on any atom is 0.331 e. The molecule has 0 bridgehead atoms. The number of anilines is 3. The summed E-state index contributed by atoms with van der Waals surface area (Å²) in [7, 11) is 2.92. The normalized spacial score (nSPS) is 12.3. The summed E-state index contributed by atoms with van der Waals surface area (Å²) in [4.78, 5) is 39.0. The monoisotopic (exact) mass is 461 g/mol. The number of para-hydroxylation sites is 2. The lowest BCUT2D eigenvalue weighted by molar-refractivity contribution is -0.133. The number of hydrogen-bond acceptors (Lipinski definition) is 7. The Labute approximate surface area is 196 Å². The summed E-state index contributed by atoms with van der Waals surface area (Å²) in [6, 6.07) is 18.9. The molecule has 0 aromatic heterocycles. The minimum absolute atomic E-state index is 0.0463. The van der Waals surface area contributed by atoms with Gasteiger partial charge in [-0.05, 0) is 24.3 Å². The number of ether oxygens (including phenoxy) is 3. The Hall–Kier alpha value is -4.53. The van der Waals surface area contributed by atoms with Crippen LogP contribution in [0.3, 0.4) is 0 Å². The van der Waals surface area contributed by atoms with Gasteiger partial charge in [0.2, 0.25) is 5.91 Å². The fourth-order valence-corrected chi connectivity index (χ4v) is 3.58. The van der Waals surface area contributed by atoms with E-state index in [1.54, 1.807) is 65.6 Å². The number of amides is 2. The molecule has 0 atom stereocenters. The van der Waals surface area contributed by atoms with Crippen LogP contribution < -0.4 is 29.7 Å². The zero-order chi connectivity index (χ0) is 24.1. The summed E-state index contributed by atoms with van der Waals surface area (Å²) in [5.74, 6) is -0.0453. The molecule has 1 aliphatic rings. The van der Waals surface area contributed by atoms with E-state index in [0.717, 1.165) is 0 Å². The molecule has 1 aliphatic heterocycles. The van der Waals surface area contributed by atoms with Crippen LogP contribution in [0.25, 0.3) is 0 Å². The minimum atomic E-state index is -0.440. The summed E-state index contributed by atoms with van der Waals surface area (Å²) >= 11 is 0. The predicted octanol–water partition coefficient (Wildman–Crippen LogP) is 3.32. The van der Waals surface area contributed by atoms with Crippen LogP contribution in [0.2, 0.25) is 0 Å². The van der Waals surface area contributed by atoms with Crippen molar-refractivity contribution in [1.29, 1.82) is 0 Å². The van der Waals surface area contributed by atoms with E-state index in [0.29, 0.717) is 39.9 Å². The van der Waals surface area contributed by atoms with Gasteiger partial charge in [-0.25, -0.2) is 4.79 Å². The van der Waals surface area contributed by atoms with E-state index >= 15 is 0 Å². The van der Waals surface area contributed by atoms with E-state index in [1.807, 2.05) is 6.07 Å². The summed E-state index contributed by atoms with van der Waals surface area (Å²) in [6.07, 6.45) is 0. The minimum Gasteiger partial charge on any atom is -0.494 e. The van der Waals surface area contributed by atoms with Crippen LogP contribution in [0, 0.1) is 0 Å². The van der Waals surface area contributed by atoms with Crippen LogP contribution in [0.4, 0.5) is 17.1 Å². The van der Waals surface area contributed by atoms with Crippen LogP contribution >= 0.6 is 0 Å². The van der Waals surface area contributed by atoms with Crippen molar-refractivity contribution >= 4 is 34.8 Å². The Morgan fingerprint density at radius 3 is 2.21 bits per heavy atom. The lowest BCUT2D eigenvalue weighted by Crippen LogP contribution is -2.41. The molecule has 3 aromatic carbocycles. The first-order valence-corrected chi connectivity index (χ1v) is 10.5. The third-order valence-corrected chi connectivity index (χ3v) is 5.16. The maximum absolute atomic E-state index is 12.8. The Balaban J connectivity index is 1.52. The molecular formula is C25H23N3O6. The van der Waals surface area contributed by atoms with Crippen molar-refractivity contribution in [3.05, 3.63) is 72.3 Å². The van der Waals surface area contributed by atoms with Gasteiger partial charge in [-0.15, -0.1) is 0 Å². The number of fused-ring (bicyclic) bond motifs is 1. The zero-order valence-corrected chi connectivity index (χ0v) is 18.7. The van der Waals surface area contributed by atoms with E-state index in [1.165, 1.54) is 14.2 Å². The van der Waals surface area contributed by atoms with Gasteiger partial charge in [0, 0.05) is 17.7 Å². The highest BCUT2D eigenvalue weighted by Crippen LogP contribution is 2.37. The first kappa shape index (κ1) is 22.7. The molecule has 0 spiro atoms. The van der Waals surface area contributed by atoms with Gasteiger partial charge < -0.3 is 29.7 Å². The number of carbonyl (C=O) groups excluding carboxylic acids is 3. The molecular weight excluding hydrogens is 438 g/mol. The maximum atomic E-state index is 12.8. The number of nitrogens with zero attached hydrogens (tertiary/aromatic N) is 1. The van der Waals surface area contributed by atoms with Gasteiger partial charge in [0.25, 0.3) is 5.91 Å². The Morgan fingerprint density at radius 2 is 1.53 bits per heavy atom. The number of nitrogens with one attached hydrogen (secondary N) is 2. The molecule has 0 aliphatic carbocycles. The molecule has 0 radical (unpaired) electrons. The van der Waals surface area contributed by atoms with Crippen LogP contribution in [-0.2, 0) is 9.59 Å². The first-order valence-electron chi connectivity index (χ1n) is 10.5. The van der Waals surface area contributed by atoms with Crippen molar-refractivity contribution in [3.8, 4) is 17.2 Å². The summed E-state index contributed by atoms with van der Waals surface area (Å²) < 4.78 is 16.1. The SMILES string of the molecule is COc1cc(NC(=O)c2ccccc2)c(OC)cc1NC(=O)CN1CC(=O)Oc2ccccc21. The largest absolute Gasteiger partial charge is 0.494 e. The molecule has 9 nitrogen and oxygen atoms in total. The van der Waals surface area contributed by atoms with Gasteiger partial charge in [0.15, 0.2) is 5.75 Å². The van der Waals surface area contributed by atoms with Crippen molar-refractivity contribution in [3.63, 3.8) is 0 Å². The van der Waals surface area contributed by atoms with E-state index in [9.17, 15) is 14.4 Å². The van der Waals surface area contributed by atoms with Crippen LogP contribution in [0.15, 0.2) is 66.7 Å². The molecule has 4 rings (SSSR count). The summed E-state index contributed by atoms with van der Waals surface area (Å²) in [5.41, 5.74) is 1.89. The fourth-order valence-electron chi connectivity index (χ4n) is 3.58. The van der Waals surface area contributed by atoms with Crippen molar-refractivity contribution in [2.24, 2.45) is 0 Å². The zero-order valence-electron chi connectivity index (χ0n) is 18.7. The molecule has 2 N–H and O–H groups in total. The standard InChI is InChI=1S/C25H23N3O6/c1-32-21-13-18(27-25(31)16-8-4-3-5-9-16)22(33-2)12-17(21)26-23(29)14-28-15-24(30)34-20-11-7-6-10-19(20)28/h3-13H,14-15H2,1-2H3,(H,26,29)(H,27,31). The third-order valence-electron chi connectivity index (χ3n) is 5.16. The van der Waals surface area contributed by atoms with Crippen LogP contribution in [0.1, 0.15) is 10.4 Å². The molecule has 174 valence electrons. The van der Waals surface area contributed by atoms with E-state index < -0.39 is 5.97 Å². The topological polar surface area (TPSA) is 106 Å². The second kappa shape index (κ2) is 9.95. The highest BCUT2D eigenvalue weighted by Gasteiger charge is 2.26. The van der Waals surface area contributed by atoms with Crippen molar-refractivity contribution in [2.45, 2.75) is 0 Å². The quantitative estimate of drug-likeness (QED) is 0.411. The molecule has 0 saturated carbocycles. The second-order valence-corrected chi connectivity index (χ2v) is 7.42. The van der Waals surface area contributed by atoms with Gasteiger partial charge in [-0.3, -0.25) is 9.59 Å². The Bertz CT molecular complexity index is 1230. The van der Waals surface area contributed by atoms with Gasteiger partial charge in [-0.1, -0.05) is 30.3 Å². The molecule has 3 aromatic rings. The van der Waals surface area contributed by atoms with Gasteiger partial charge >= 0.3 is 5.97 Å². The average Bonchev–Trinajstić information content (AvgIpc) is 2.85. The lowest BCUT2D eigenvalue weighted by atomic mass is 10.2. The van der Waals surface area contributed by atoms with Crippen molar-refractivity contribution in [1.82, 2.24) is 0 Å². The number of hydrogen-bond donors (Lipinski definition) is 2. The third kappa shape index (κ3) is 4.93.